The monoisotopic (exact) mass is 450 g/mol. The maximum Gasteiger partial charge on any atom is 0.261 e. The first kappa shape index (κ1) is 24.8. The highest BCUT2D eigenvalue weighted by Gasteiger charge is 2.30. The van der Waals surface area contributed by atoms with E-state index >= 15 is 0 Å². The van der Waals surface area contributed by atoms with Gasteiger partial charge in [0.15, 0.2) is 6.61 Å². The van der Waals surface area contributed by atoms with Crippen LogP contribution in [0.15, 0.2) is 54.6 Å². The van der Waals surface area contributed by atoms with Crippen molar-refractivity contribution < 1.29 is 14.3 Å². The van der Waals surface area contributed by atoms with Gasteiger partial charge >= 0.3 is 0 Å². The van der Waals surface area contributed by atoms with Crippen molar-refractivity contribution in [3.8, 4) is 5.75 Å². The Hall–Kier alpha value is -2.82. The highest BCUT2D eigenvalue weighted by atomic mass is 16.5. The average Bonchev–Trinajstić information content (AvgIpc) is 2.84. The van der Waals surface area contributed by atoms with Gasteiger partial charge in [0.1, 0.15) is 11.8 Å². The smallest absolute Gasteiger partial charge is 0.261 e. The minimum Gasteiger partial charge on any atom is -0.484 e. The van der Waals surface area contributed by atoms with Crippen molar-refractivity contribution in [2.75, 3.05) is 6.61 Å². The van der Waals surface area contributed by atoms with Crippen LogP contribution in [-0.4, -0.2) is 35.4 Å². The first-order chi connectivity index (χ1) is 16.0. The molecule has 1 aliphatic rings. The Morgan fingerprint density at radius 3 is 2.27 bits per heavy atom. The molecule has 1 N–H and O–H groups in total. The van der Waals surface area contributed by atoms with E-state index in [-0.39, 0.29) is 24.5 Å². The van der Waals surface area contributed by atoms with Crippen LogP contribution in [-0.2, 0) is 16.1 Å². The molecule has 0 radical (unpaired) electrons. The lowest BCUT2D eigenvalue weighted by Crippen LogP contribution is -2.52. The molecule has 0 aliphatic heterocycles. The summed E-state index contributed by atoms with van der Waals surface area (Å²) in [5, 5.41) is 3.21. The third-order valence-electron chi connectivity index (χ3n) is 6.44. The number of ether oxygens (including phenoxy) is 1. The molecule has 178 valence electrons. The summed E-state index contributed by atoms with van der Waals surface area (Å²) in [4.78, 5) is 28.2. The Balaban J connectivity index is 1.71. The molecule has 2 aromatic rings. The SMILES string of the molecule is CC[C@H](C(=O)NC1CCCCC1)N(Cc1ccccc1)C(=O)COc1ccc(C(C)C)cc1. The minimum atomic E-state index is -0.522. The van der Waals surface area contributed by atoms with Crippen LogP contribution in [0, 0.1) is 0 Å². The molecule has 0 aromatic heterocycles. The van der Waals surface area contributed by atoms with Gasteiger partial charge in [-0.3, -0.25) is 9.59 Å². The molecule has 0 unspecified atom stereocenters. The largest absolute Gasteiger partial charge is 0.484 e. The number of hydrogen-bond acceptors (Lipinski definition) is 3. The van der Waals surface area contributed by atoms with E-state index in [0.717, 1.165) is 31.2 Å². The number of amides is 2. The van der Waals surface area contributed by atoms with Crippen LogP contribution < -0.4 is 10.1 Å². The maximum absolute atomic E-state index is 13.3. The zero-order valence-electron chi connectivity index (χ0n) is 20.3. The van der Waals surface area contributed by atoms with Crippen molar-refractivity contribution in [3.05, 3.63) is 65.7 Å². The highest BCUT2D eigenvalue weighted by Crippen LogP contribution is 2.21. The Morgan fingerprint density at radius 2 is 1.67 bits per heavy atom. The van der Waals surface area contributed by atoms with Crippen molar-refractivity contribution in [2.24, 2.45) is 0 Å². The summed E-state index contributed by atoms with van der Waals surface area (Å²) in [5.74, 6) is 0.856. The second-order valence-corrected chi connectivity index (χ2v) is 9.29. The lowest BCUT2D eigenvalue weighted by atomic mass is 9.95. The Labute approximate surface area is 198 Å². The minimum absolute atomic E-state index is 0.0602. The number of nitrogens with zero attached hydrogens (tertiary/aromatic N) is 1. The lowest BCUT2D eigenvalue weighted by molar-refractivity contribution is -0.143. The summed E-state index contributed by atoms with van der Waals surface area (Å²) >= 11 is 0. The fourth-order valence-corrected chi connectivity index (χ4v) is 4.42. The number of carbonyl (C=O) groups is 2. The molecule has 1 saturated carbocycles. The third-order valence-corrected chi connectivity index (χ3v) is 6.44. The number of rotatable bonds is 10. The van der Waals surface area contributed by atoms with Crippen molar-refractivity contribution in [3.63, 3.8) is 0 Å². The summed E-state index contributed by atoms with van der Waals surface area (Å²) in [7, 11) is 0. The molecule has 3 rings (SSSR count). The molecule has 33 heavy (non-hydrogen) atoms. The Kier molecular flexibility index (Phi) is 9.35. The quantitative estimate of drug-likeness (QED) is 0.524. The van der Waals surface area contributed by atoms with Crippen molar-refractivity contribution in [2.45, 2.75) is 83.8 Å². The Morgan fingerprint density at radius 1 is 1.00 bits per heavy atom. The van der Waals surface area contributed by atoms with E-state index in [1.165, 1.54) is 12.0 Å². The van der Waals surface area contributed by atoms with Gasteiger partial charge in [-0.25, -0.2) is 0 Å². The summed E-state index contributed by atoms with van der Waals surface area (Å²) in [6.45, 7) is 6.53. The van der Waals surface area contributed by atoms with Gasteiger partial charge in [-0.1, -0.05) is 82.5 Å². The molecule has 0 bridgehead atoms. The van der Waals surface area contributed by atoms with E-state index in [0.29, 0.717) is 24.6 Å². The summed E-state index contributed by atoms with van der Waals surface area (Å²) in [6.07, 6.45) is 6.13. The van der Waals surface area contributed by atoms with Crippen LogP contribution in [0.1, 0.15) is 76.3 Å². The van der Waals surface area contributed by atoms with E-state index in [1.807, 2.05) is 61.5 Å². The molecule has 0 heterocycles. The van der Waals surface area contributed by atoms with Gasteiger partial charge in [-0.2, -0.15) is 0 Å². The van der Waals surface area contributed by atoms with Crippen molar-refractivity contribution in [1.82, 2.24) is 10.2 Å². The number of carbonyl (C=O) groups excluding carboxylic acids is 2. The van der Waals surface area contributed by atoms with E-state index in [1.54, 1.807) is 4.90 Å². The predicted molar refractivity (Wildman–Crippen MR) is 132 cm³/mol. The van der Waals surface area contributed by atoms with E-state index < -0.39 is 6.04 Å². The molecular formula is C28H38N2O3. The molecule has 1 aliphatic carbocycles. The van der Waals surface area contributed by atoms with Crippen molar-refractivity contribution in [1.29, 1.82) is 0 Å². The molecule has 2 aromatic carbocycles. The molecule has 0 saturated heterocycles. The second kappa shape index (κ2) is 12.4. The molecule has 1 atom stereocenters. The average molecular weight is 451 g/mol. The zero-order chi connectivity index (χ0) is 23.6. The molecule has 0 spiro atoms. The number of nitrogens with one attached hydrogen (secondary N) is 1. The normalized spacial score (nSPS) is 15.2. The van der Waals surface area contributed by atoms with E-state index in [2.05, 4.69) is 19.2 Å². The molecule has 5 heteroatoms. The first-order valence-electron chi connectivity index (χ1n) is 12.3. The van der Waals surface area contributed by atoms with Gasteiger partial charge in [0.05, 0.1) is 0 Å². The van der Waals surface area contributed by atoms with Crippen molar-refractivity contribution >= 4 is 11.8 Å². The molecule has 2 amide bonds. The number of benzene rings is 2. The zero-order valence-corrected chi connectivity index (χ0v) is 20.3. The third kappa shape index (κ3) is 7.34. The maximum atomic E-state index is 13.3. The van der Waals surface area contributed by atoms with E-state index in [9.17, 15) is 9.59 Å². The van der Waals surface area contributed by atoms with Gasteiger partial charge in [0.2, 0.25) is 5.91 Å². The highest BCUT2D eigenvalue weighted by molar-refractivity contribution is 5.88. The van der Waals surface area contributed by atoms with Crippen LogP contribution in [0.3, 0.4) is 0 Å². The second-order valence-electron chi connectivity index (χ2n) is 9.29. The van der Waals surface area contributed by atoms with Gasteiger partial charge in [-0.15, -0.1) is 0 Å². The van der Waals surface area contributed by atoms with Crippen LogP contribution in [0.25, 0.3) is 0 Å². The van der Waals surface area contributed by atoms with Gasteiger partial charge in [-0.05, 0) is 48.4 Å². The molecular weight excluding hydrogens is 412 g/mol. The fraction of sp³-hybridized carbons (Fsp3) is 0.500. The van der Waals surface area contributed by atoms with Gasteiger partial charge in [0, 0.05) is 12.6 Å². The standard InChI is InChI=1S/C28H38N2O3/c1-4-26(28(32)29-24-13-9-6-10-14-24)30(19-22-11-7-5-8-12-22)27(31)20-33-25-17-15-23(16-18-25)21(2)3/h5,7-8,11-12,15-18,21,24,26H,4,6,9-10,13-14,19-20H2,1-3H3,(H,29,32)/t26-/m1/s1. The topological polar surface area (TPSA) is 58.6 Å². The first-order valence-corrected chi connectivity index (χ1v) is 12.3. The summed E-state index contributed by atoms with van der Waals surface area (Å²) in [6, 6.07) is 17.4. The van der Waals surface area contributed by atoms with Gasteiger partial charge < -0.3 is 15.0 Å². The van der Waals surface area contributed by atoms with Crippen LogP contribution in [0.5, 0.6) is 5.75 Å². The number of hydrogen-bond donors (Lipinski definition) is 1. The van der Waals surface area contributed by atoms with Crippen LogP contribution in [0.2, 0.25) is 0 Å². The summed E-state index contributed by atoms with van der Waals surface area (Å²) < 4.78 is 5.82. The fourth-order valence-electron chi connectivity index (χ4n) is 4.42. The molecule has 1 fully saturated rings. The van der Waals surface area contributed by atoms with Crippen LogP contribution >= 0.6 is 0 Å². The predicted octanol–water partition coefficient (Wildman–Crippen LogP) is 5.45. The summed E-state index contributed by atoms with van der Waals surface area (Å²) in [5.41, 5.74) is 2.22. The van der Waals surface area contributed by atoms with Gasteiger partial charge in [0.25, 0.3) is 5.91 Å². The van der Waals surface area contributed by atoms with E-state index in [4.69, 9.17) is 4.74 Å². The lowest BCUT2D eigenvalue weighted by Gasteiger charge is -2.32. The van der Waals surface area contributed by atoms with Crippen LogP contribution in [0.4, 0.5) is 0 Å². The Bertz CT molecular complexity index is 874. The molecule has 5 nitrogen and oxygen atoms in total.